The summed E-state index contributed by atoms with van der Waals surface area (Å²) in [6, 6.07) is 6.81. The molecule has 3 rings (SSSR count). The van der Waals surface area contributed by atoms with Crippen LogP contribution in [0.1, 0.15) is 0 Å². The van der Waals surface area contributed by atoms with E-state index in [2.05, 4.69) is 14.4 Å². The van der Waals surface area contributed by atoms with Gasteiger partial charge in [-0.2, -0.15) is 16.8 Å². The summed E-state index contributed by atoms with van der Waals surface area (Å²) >= 11 is 0. The van der Waals surface area contributed by atoms with Crippen molar-refractivity contribution in [3.05, 3.63) is 52.6 Å². The van der Waals surface area contributed by atoms with Gasteiger partial charge in [0.2, 0.25) is 5.75 Å². The SMILES string of the molecule is O=[N+]([O-])c1cc(S(=O)(=O)CCOS(=O)(=O)O)cc(/N=N/c2c(O)ccc3cc(S(=O)(=O)O)ccc23)c1O. The fraction of sp³-hybridized carbons (Fsp3) is 0.111. The number of rotatable bonds is 9. The number of phenolic OH excluding ortho intramolecular Hbond substituents is 2. The summed E-state index contributed by atoms with van der Waals surface area (Å²) in [6.45, 7) is -1.03. The largest absolute Gasteiger partial charge is 0.506 e. The van der Waals surface area contributed by atoms with E-state index < -0.39 is 80.3 Å². The van der Waals surface area contributed by atoms with Gasteiger partial charge >= 0.3 is 16.1 Å². The van der Waals surface area contributed by atoms with Crippen molar-refractivity contribution >= 4 is 58.2 Å². The Hall–Kier alpha value is -3.75. The number of hydrogen-bond donors (Lipinski definition) is 4. The zero-order valence-electron chi connectivity index (χ0n) is 18.0. The fourth-order valence-corrected chi connectivity index (χ4v) is 5.03. The molecule has 0 radical (unpaired) electrons. The van der Waals surface area contributed by atoms with Crippen molar-refractivity contribution in [2.75, 3.05) is 12.4 Å². The number of azo groups is 1. The second-order valence-electron chi connectivity index (χ2n) is 7.13. The third-order valence-corrected chi connectivity index (χ3v) is 7.65. The summed E-state index contributed by atoms with van der Waals surface area (Å²) in [5, 5.41) is 39.4. The molecule has 0 aliphatic heterocycles. The maximum Gasteiger partial charge on any atom is 0.397 e. The molecule has 3 aromatic carbocycles. The molecule has 0 fully saturated rings. The molecule has 0 atom stereocenters. The molecule has 0 aliphatic carbocycles. The third kappa shape index (κ3) is 6.53. The molecule has 0 aromatic heterocycles. The monoisotopic (exact) mass is 577 g/mol. The molecular weight excluding hydrogens is 562 g/mol. The molecule has 0 amide bonds. The lowest BCUT2D eigenvalue weighted by Gasteiger charge is -2.08. The Balaban J connectivity index is 2.11. The van der Waals surface area contributed by atoms with E-state index in [0.29, 0.717) is 12.1 Å². The minimum atomic E-state index is -4.95. The van der Waals surface area contributed by atoms with Crippen LogP contribution in [-0.2, 0) is 34.5 Å². The van der Waals surface area contributed by atoms with Gasteiger partial charge in [-0.05, 0) is 29.7 Å². The molecular formula is C18H15N3O13S3. The topological polar surface area (TPSA) is 260 Å². The van der Waals surface area contributed by atoms with Crippen LogP contribution in [0.3, 0.4) is 0 Å². The molecule has 198 valence electrons. The van der Waals surface area contributed by atoms with Crippen molar-refractivity contribution in [2.24, 2.45) is 10.2 Å². The van der Waals surface area contributed by atoms with Crippen LogP contribution < -0.4 is 0 Å². The predicted octanol–water partition coefficient (Wildman–Crippen LogP) is 2.41. The molecule has 0 aliphatic rings. The molecule has 37 heavy (non-hydrogen) atoms. The number of sulfone groups is 1. The highest BCUT2D eigenvalue weighted by Gasteiger charge is 2.26. The van der Waals surface area contributed by atoms with Crippen molar-refractivity contribution in [1.82, 2.24) is 0 Å². The Bertz CT molecular complexity index is 1770. The summed E-state index contributed by atoms with van der Waals surface area (Å²) in [5.41, 5.74) is -2.11. The number of nitro benzene ring substituents is 1. The molecule has 16 nitrogen and oxygen atoms in total. The van der Waals surface area contributed by atoms with Gasteiger partial charge < -0.3 is 10.2 Å². The first-order valence-electron chi connectivity index (χ1n) is 9.50. The normalized spacial score (nSPS) is 12.8. The predicted molar refractivity (Wildman–Crippen MR) is 124 cm³/mol. The van der Waals surface area contributed by atoms with Crippen LogP contribution in [-0.4, -0.2) is 61.9 Å². The van der Waals surface area contributed by atoms with Gasteiger partial charge in [0.05, 0.1) is 27.1 Å². The molecule has 19 heteroatoms. The van der Waals surface area contributed by atoms with Crippen LogP contribution in [0.4, 0.5) is 17.1 Å². The van der Waals surface area contributed by atoms with E-state index in [1.807, 2.05) is 0 Å². The van der Waals surface area contributed by atoms with E-state index in [0.717, 1.165) is 18.2 Å². The first kappa shape index (κ1) is 27.8. The van der Waals surface area contributed by atoms with Crippen molar-refractivity contribution in [3.8, 4) is 11.5 Å². The fourth-order valence-electron chi connectivity index (χ4n) is 2.99. The van der Waals surface area contributed by atoms with Gasteiger partial charge in [-0.3, -0.25) is 19.2 Å². The molecule has 0 heterocycles. The Morgan fingerprint density at radius 2 is 1.57 bits per heavy atom. The van der Waals surface area contributed by atoms with E-state index in [1.165, 1.54) is 12.1 Å². The first-order chi connectivity index (χ1) is 17.0. The number of nitro groups is 1. The van der Waals surface area contributed by atoms with Crippen LogP contribution in [0.15, 0.2) is 62.5 Å². The number of benzene rings is 3. The standard InChI is InChI=1S/C18H15N3O13S3/c22-16-4-1-10-7-11(36(28,29)30)2-3-13(10)17(16)20-19-14-8-12(9-15(18(14)23)21(24)25)35(26,27)6-5-34-37(31,32)33/h1-4,7-9,22-23H,5-6H2,(H,28,29,30)(H,31,32,33)/b20-19+. The number of nitrogens with zero attached hydrogens (tertiary/aromatic N) is 3. The van der Waals surface area contributed by atoms with Gasteiger partial charge in [-0.15, -0.1) is 10.2 Å². The van der Waals surface area contributed by atoms with Gasteiger partial charge in [0.15, 0.2) is 9.84 Å². The Labute approximate surface area is 208 Å². The van der Waals surface area contributed by atoms with Crippen LogP contribution in [0, 0.1) is 10.1 Å². The van der Waals surface area contributed by atoms with Crippen molar-refractivity contribution in [2.45, 2.75) is 9.79 Å². The second-order valence-corrected chi connectivity index (χ2v) is 11.7. The smallest absolute Gasteiger partial charge is 0.397 e. The molecule has 4 N–H and O–H groups in total. The van der Waals surface area contributed by atoms with Crippen LogP contribution >= 0.6 is 0 Å². The molecule has 0 saturated heterocycles. The Morgan fingerprint density at radius 1 is 0.892 bits per heavy atom. The number of aromatic hydroxyl groups is 2. The highest BCUT2D eigenvalue weighted by Crippen LogP contribution is 2.42. The van der Waals surface area contributed by atoms with Crippen LogP contribution in [0.5, 0.6) is 11.5 Å². The summed E-state index contributed by atoms with van der Waals surface area (Å²) in [6.07, 6.45) is 0. The number of fused-ring (bicyclic) bond motifs is 1. The Kier molecular flexibility index (Phi) is 7.49. The van der Waals surface area contributed by atoms with E-state index in [1.54, 1.807) is 0 Å². The molecule has 0 bridgehead atoms. The van der Waals surface area contributed by atoms with Crippen molar-refractivity contribution in [3.63, 3.8) is 0 Å². The molecule has 0 unspecified atom stereocenters. The molecule has 3 aromatic rings. The lowest BCUT2D eigenvalue weighted by molar-refractivity contribution is -0.386. The zero-order valence-corrected chi connectivity index (χ0v) is 20.4. The number of hydrogen-bond acceptors (Lipinski definition) is 13. The van der Waals surface area contributed by atoms with Gasteiger partial charge in [0.1, 0.15) is 17.1 Å². The minimum absolute atomic E-state index is 0.108. The lowest BCUT2D eigenvalue weighted by atomic mass is 10.1. The lowest BCUT2D eigenvalue weighted by Crippen LogP contribution is -2.15. The third-order valence-electron chi connectivity index (χ3n) is 4.68. The van der Waals surface area contributed by atoms with E-state index >= 15 is 0 Å². The van der Waals surface area contributed by atoms with E-state index in [4.69, 9.17) is 4.55 Å². The van der Waals surface area contributed by atoms with Crippen LogP contribution in [0.25, 0.3) is 10.8 Å². The second kappa shape index (κ2) is 9.95. The maximum absolute atomic E-state index is 12.5. The van der Waals surface area contributed by atoms with Crippen molar-refractivity contribution in [1.29, 1.82) is 0 Å². The Morgan fingerprint density at radius 3 is 2.16 bits per heavy atom. The van der Waals surface area contributed by atoms with E-state index in [-0.39, 0.29) is 16.5 Å². The molecule has 0 saturated carbocycles. The number of phenols is 2. The van der Waals surface area contributed by atoms with Gasteiger partial charge in [0, 0.05) is 11.5 Å². The van der Waals surface area contributed by atoms with Crippen LogP contribution in [0.2, 0.25) is 0 Å². The van der Waals surface area contributed by atoms with Gasteiger partial charge in [0.25, 0.3) is 10.1 Å². The molecule has 0 spiro atoms. The minimum Gasteiger partial charge on any atom is -0.506 e. The summed E-state index contributed by atoms with van der Waals surface area (Å²) < 4.78 is 90.8. The highest BCUT2D eigenvalue weighted by atomic mass is 32.3. The van der Waals surface area contributed by atoms with E-state index in [9.17, 15) is 50.1 Å². The average molecular weight is 578 g/mol. The summed E-state index contributed by atoms with van der Waals surface area (Å²) in [7, 11) is -14.0. The summed E-state index contributed by atoms with van der Waals surface area (Å²) in [4.78, 5) is 9.00. The van der Waals surface area contributed by atoms with Gasteiger partial charge in [-0.25, -0.2) is 12.6 Å². The van der Waals surface area contributed by atoms with Crippen molar-refractivity contribution < 1.29 is 53.7 Å². The van der Waals surface area contributed by atoms with Gasteiger partial charge in [-0.1, -0.05) is 12.1 Å². The maximum atomic E-state index is 12.5. The average Bonchev–Trinajstić information content (AvgIpc) is 2.77. The zero-order chi connectivity index (χ0) is 27.8. The highest BCUT2D eigenvalue weighted by molar-refractivity contribution is 7.91. The summed E-state index contributed by atoms with van der Waals surface area (Å²) in [5.74, 6) is -2.61. The quantitative estimate of drug-likeness (QED) is 0.123. The first-order valence-corrected chi connectivity index (χ1v) is 14.0.